The van der Waals surface area contributed by atoms with Crippen LogP contribution in [0.2, 0.25) is 0 Å². The van der Waals surface area contributed by atoms with Crippen LogP contribution in [-0.2, 0) is 17.7 Å². The zero-order valence-electron chi connectivity index (χ0n) is 18.7. The van der Waals surface area contributed by atoms with Crippen LogP contribution in [0.15, 0.2) is 24.3 Å². The Labute approximate surface area is 200 Å². The Morgan fingerprint density at radius 2 is 1.63 bits per heavy atom. The summed E-state index contributed by atoms with van der Waals surface area (Å²) in [5, 5.41) is 1.83. The lowest BCUT2D eigenvalue weighted by Crippen LogP contribution is -2.72. The summed E-state index contributed by atoms with van der Waals surface area (Å²) >= 11 is 0.575. The summed E-state index contributed by atoms with van der Waals surface area (Å²) < 4.78 is 94.6. The molecule has 2 heterocycles. The number of halogens is 6. The molecule has 1 aliphatic rings. The predicted molar refractivity (Wildman–Crippen MR) is 115 cm³/mol. The van der Waals surface area contributed by atoms with E-state index >= 15 is 0 Å². The second-order valence-corrected chi connectivity index (χ2v) is 8.85. The number of nitrogens with zero attached hydrogens (tertiary/aromatic N) is 1. The highest BCUT2D eigenvalue weighted by atomic mass is 32.1. The van der Waals surface area contributed by atoms with Crippen molar-refractivity contribution in [3.63, 3.8) is 0 Å². The van der Waals surface area contributed by atoms with E-state index in [2.05, 4.69) is 4.74 Å². The van der Waals surface area contributed by atoms with E-state index in [1.165, 1.54) is 24.6 Å². The molecule has 192 valence electrons. The van der Waals surface area contributed by atoms with Crippen LogP contribution < -0.4 is 15.4 Å². The molecule has 0 unspecified atom stereocenters. The Morgan fingerprint density at radius 3 is 2.14 bits per heavy atom. The van der Waals surface area contributed by atoms with Crippen LogP contribution in [0.5, 0.6) is 5.75 Å². The van der Waals surface area contributed by atoms with Crippen LogP contribution in [0.3, 0.4) is 0 Å². The van der Waals surface area contributed by atoms with E-state index in [4.69, 9.17) is 4.74 Å². The molecule has 2 N–H and O–H groups in total. The zero-order valence-corrected chi connectivity index (χ0v) is 19.5. The number of benzene rings is 1. The lowest BCUT2D eigenvalue weighted by molar-refractivity contribution is -0.293. The zero-order chi connectivity index (χ0) is 26.2. The molecule has 0 atom stereocenters. The average molecular weight is 525 g/mol. The summed E-state index contributed by atoms with van der Waals surface area (Å²) in [6, 6.07) is 4.46. The topological polar surface area (TPSA) is 79.9 Å². The maximum Gasteiger partial charge on any atom is 0.439 e. The molecule has 0 bridgehead atoms. The fraction of sp³-hybridized carbons (Fsp3) is 0.429. The van der Waals surface area contributed by atoms with Crippen molar-refractivity contribution in [3.05, 3.63) is 45.8 Å². The van der Waals surface area contributed by atoms with E-state index in [0.717, 1.165) is 24.6 Å². The van der Waals surface area contributed by atoms with Crippen molar-refractivity contribution < 1.29 is 45.4 Å². The number of methoxy groups -OCH3 is 2. The molecule has 0 saturated heterocycles. The molecular weight excluding hydrogens is 504 g/mol. The first-order valence-electron chi connectivity index (χ1n) is 10.0. The number of ether oxygens (including phenoxy) is 2. The maximum absolute atomic E-state index is 14.2. The molecule has 7 nitrogen and oxygen atoms in total. The number of fused-ring (bicyclic) bond motifs is 1. The standard InChI is InChI=1S/C21H21F6N3O4S/c1-30-9-8-13-14(10-30)35-17(15(13)18(32)34-3)29-19(20(22,23)24,21(25,26)27)28-16(31)11-4-6-12(33-2)7-5-11/h4-7,29H,8-10H2,1-3H3,(H,28,31). The molecule has 0 spiro atoms. The van der Waals surface area contributed by atoms with E-state index in [1.807, 2.05) is 0 Å². The number of anilines is 1. The highest BCUT2D eigenvalue weighted by molar-refractivity contribution is 7.16. The van der Waals surface area contributed by atoms with Gasteiger partial charge in [0.2, 0.25) is 0 Å². The van der Waals surface area contributed by atoms with Crippen LogP contribution in [0.1, 0.15) is 31.2 Å². The van der Waals surface area contributed by atoms with Crippen molar-refractivity contribution in [2.75, 3.05) is 33.1 Å². The number of rotatable bonds is 6. The van der Waals surface area contributed by atoms with Crippen LogP contribution in [0, 0.1) is 0 Å². The number of nitrogens with one attached hydrogen (secondary N) is 2. The van der Waals surface area contributed by atoms with Crippen molar-refractivity contribution in [1.29, 1.82) is 0 Å². The maximum atomic E-state index is 14.2. The molecule has 0 fully saturated rings. The van der Waals surface area contributed by atoms with Gasteiger partial charge in [-0.05, 0) is 43.3 Å². The van der Waals surface area contributed by atoms with Gasteiger partial charge in [-0.15, -0.1) is 11.3 Å². The van der Waals surface area contributed by atoms with E-state index in [0.29, 0.717) is 28.3 Å². The summed E-state index contributed by atoms with van der Waals surface area (Å²) in [5.74, 6) is -2.49. The number of esters is 1. The third-order valence-corrected chi connectivity index (χ3v) is 6.57. The first-order chi connectivity index (χ1) is 16.2. The molecular formula is C21H21F6N3O4S. The monoisotopic (exact) mass is 525 g/mol. The van der Waals surface area contributed by atoms with Gasteiger partial charge in [0, 0.05) is 23.5 Å². The van der Waals surface area contributed by atoms with Gasteiger partial charge in [-0.2, -0.15) is 26.3 Å². The fourth-order valence-electron chi connectivity index (χ4n) is 3.57. The van der Waals surface area contributed by atoms with Gasteiger partial charge in [0.05, 0.1) is 19.8 Å². The average Bonchev–Trinajstić information content (AvgIpc) is 3.13. The van der Waals surface area contributed by atoms with Crippen LogP contribution in [-0.4, -0.2) is 62.6 Å². The van der Waals surface area contributed by atoms with Crippen molar-refractivity contribution in [3.8, 4) is 5.75 Å². The first kappa shape index (κ1) is 26.6. The highest BCUT2D eigenvalue weighted by Gasteiger charge is 2.73. The Balaban J connectivity index is 2.12. The summed E-state index contributed by atoms with van der Waals surface area (Å²) in [6.07, 6.45) is -11.9. The van der Waals surface area contributed by atoms with Gasteiger partial charge in [-0.25, -0.2) is 4.79 Å². The van der Waals surface area contributed by atoms with Gasteiger partial charge < -0.3 is 25.0 Å². The number of amides is 1. The number of hydrogen-bond donors (Lipinski definition) is 2. The minimum atomic E-state index is -6.05. The van der Waals surface area contributed by atoms with E-state index in [9.17, 15) is 35.9 Å². The fourth-order valence-corrected chi connectivity index (χ4v) is 4.94. The van der Waals surface area contributed by atoms with Crippen LogP contribution in [0.4, 0.5) is 31.3 Å². The van der Waals surface area contributed by atoms with Crippen LogP contribution in [0.25, 0.3) is 0 Å². The van der Waals surface area contributed by atoms with Gasteiger partial charge in [-0.3, -0.25) is 4.79 Å². The van der Waals surface area contributed by atoms with E-state index < -0.39 is 46.0 Å². The summed E-state index contributed by atoms with van der Waals surface area (Å²) in [4.78, 5) is 27.2. The SMILES string of the molecule is COC(=O)c1c(NC(NC(=O)c2ccc(OC)cc2)(C(F)(F)F)C(F)(F)F)sc2c1CCN(C)C2. The third-order valence-electron chi connectivity index (χ3n) is 5.44. The molecule has 3 rings (SSSR count). The molecule has 14 heteroatoms. The number of alkyl halides is 6. The van der Waals surface area contributed by atoms with E-state index in [1.54, 1.807) is 11.9 Å². The van der Waals surface area contributed by atoms with E-state index in [-0.39, 0.29) is 18.7 Å². The Bertz CT molecular complexity index is 1080. The largest absolute Gasteiger partial charge is 0.497 e. The molecule has 1 amide bonds. The molecule has 1 aliphatic heterocycles. The van der Waals surface area contributed by atoms with Gasteiger partial charge >= 0.3 is 24.0 Å². The van der Waals surface area contributed by atoms with Gasteiger partial charge in [-0.1, -0.05) is 0 Å². The third kappa shape index (κ3) is 5.03. The molecule has 0 saturated carbocycles. The smallest absolute Gasteiger partial charge is 0.439 e. The molecule has 2 aromatic rings. The summed E-state index contributed by atoms with van der Waals surface area (Å²) in [6.45, 7) is 0.653. The number of carbonyl (C=O) groups is 2. The Morgan fingerprint density at radius 1 is 1.03 bits per heavy atom. The Hall–Kier alpha value is -3.00. The van der Waals surface area contributed by atoms with Crippen molar-refractivity contribution in [1.82, 2.24) is 10.2 Å². The number of likely N-dealkylation sites (N-methyl/N-ethyl adjacent to an activating group) is 1. The number of thiophene rings is 1. The molecule has 1 aromatic heterocycles. The molecule has 0 radical (unpaired) electrons. The quantitative estimate of drug-likeness (QED) is 0.335. The lowest BCUT2D eigenvalue weighted by Gasteiger charge is -2.38. The lowest BCUT2D eigenvalue weighted by atomic mass is 10.0. The highest BCUT2D eigenvalue weighted by Crippen LogP contribution is 2.47. The minimum Gasteiger partial charge on any atom is -0.497 e. The second-order valence-electron chi connectivity index (χ2n) is 7.74. The summed E-state index contributed by atoms with van der Waals surface area (Å²) in [7, 11) is 3.99. The number of carbonyl (C=O) groups excluding carboxylic acids is 2. The molecule has 1 aromatic carbocycles. The molecule has 35 heavy (non-hydrogen) atoms. The minimum absolute atomic E-state index is 0.217. The molecule has 0 aliphatic carbocycles. The van der Waals surface area contributed by atoms with Crippen LogP contribution >= 0.6 is 11.3 Å². The first-order valence-corrected chi connectivity index (χ1v) is 10.8. The predicted octanol–water partition coefficient (Wildman–Crippen LogP) is 4.19. The van der Waals surface area contributed by atoms with Gasteiger partial charge in [0.1, 0.15) is 10.8 Å². The van der Waals surface area contributed by atoms with Crippen molar-refractivity contribution in [2.24, 2.45) is 0 Å². The van der Waals surface area contributed by atoms with Gasteiger partial charge in [0.15, 0.2) is 0 Å². The summed E-state index contributed by atoms with van der Waals surface area (Å²) in [5.41, 5.74) is -5.48. The number of hydrogen-bond acceptors (Lipinski definition) is 7. The van der Waals surface area contributed by atoms with Crippen molar-refractivity contribution in [2.45, 2.75) is 31.0 Å². The normalized spacial score (nSPS) is 14.8. The second kappa shape index (κ2) is 9.57. The Kier molecular flexibility index (Phi) is 7.27. The van der Waals surface area contributed by atoms with Crippen molar-refractivity contribution >= 4 is 28.2 Å². The van der Waals surface area contributed by atoms with Gasteiger partial charge in [0.25, 0.3) is 5.91 Å².